The van der Waals surface area contributed by atoms with Gasteiger partial charge in [-0.15, -0.1) is 0 Å². The van der Waals surface area contributed by atoms with Gasteiger partial charge in [-0.05, 0) is 31.2 Å². The predicted octanol–water partition coefficient (Wildman–Crippen LogP) is 3.09. The summed E-state index contributed by atoms with van der Waals surface area (Å²) in [5, 5.41) is 10.8. The maximum absolute atomic E-state index is 12.9. The van der Waals surface area contributed by atoms with Crippen molar-refractivity contribution in [3.05, 3.63) is 28.8 Å². The third-order valence-electron chi connectivity index (χ3n) is 2.83. The van der Waals surface area contributed by atoms with Crippen LogP contribution >= 0.6 is 11.6 Å². The Labute approximate surface area is 136 Å². The van der Waals surface area contributed by atoms with Crippen molar-refractivity contribution in [3.63, 3.8) is 0 Å². The van der Waals surface area contributed by atoms with Crippen LogP contribution in [0.25, 0.3) is 0 Å². The second-order valence-electron chi connectivity index (χ2n) is 4.84. The highest BCUT2D eigenvalue weighted by Gasteiger charge is 2.34. The standard InChI is InChI=1S/C14H16ClF3N2O3/c1-2-5-20(8-13(22)23)7-12(21)19-11-4-3-9(15)6-10(11)14(16,17)18/h3-4,6H,2,5,7-8H2,1H3,(H,19,21)(H,22,23). The lowest BCUT2D eigenvalue weighted by Crippen LogP contribution is -2.37. The number of amides is 1. The Morgan fingerprint density at radius 1 is 1.30 bits per heavy atom. The average Bonchev–Trinajstić information content (AvgIpc) is 2.39. The summed E-state index contributed by atoms with van der Waals surface area (Å²) in [5.41, 5.74) is -1.47. The summed E-state index contributed by atoms with van der Waals surface area (Å²) < 4.78 is 38.8. The van der Waals surface area contributed by atoms with Gasteiger partial charge in [-0.2, -0.15) is 13.2 Å². The van der Waals surface area contributed by atoms with Gasteiger partial charge in [0, 0.05) is 5.02 Å². The normalized spacial score (nSPS) is 11.6. The maximum Gasteiger partial charge on any atom is 0.418 e. The molecule has 1 aromatic rings. The molecule has 0 radical (unpaired) electrons. The molecule has 0 aliphatic heterocycles. The number of aliphatic carboxylic acids is 1. The van der Waals surface area contributed by atoms with Crippen LogP contribution in [-0.2, 0) is 15.8 Å². The molecule has 0 bridgehead atoms. The quantitative estimate of drug-likeness (QED) is 0.791. The summed E-state index contributed by atoms with van der Waals surface area (Å²) >= 11 is 5.56. The molecule has 0 fully saturated rings. The zero-order chi connectivity index (χ0) is 17.6. The van der Waals surface area contributed by atoms with Gasteiger partial charge >= 0.3 is 12.1 Å². The van der Waals surface area contributed by atoms with Crippen molar-refractivity contribution in [2.45, 2.75) is 19.5 Å². The number of rotatable bonds is 7. The van der Waals surface area contributed by atoms with E-state index >= 15 is 0 Å². The van der Waals surface area contributed by atoms with Gasteiger partial charge in [0.05, 0.1) is 24.3 Å². The molecule has 0 atom stereocenters. The van der Waals surface area contributed by atoms with E-state index in [2.05, 4.69) is 5.32 Å². The van der Waals surface area contributed by atoms with Gasteiger partial charge in [0.1, 0.15) is 0 Å². The van der Waals surface area contributed by atoms with Gasteiger partial charge < -0.3 is 10.4 Å². The molecule has 0 saturated carbocycles. The van der Waals surface area contributed by atoms with E-state index in [1.165, 1.54) is 11.0 Å². The zero-order valence-electron chi connectivity index (χ0n) is 12.3. The number of anilines is 1. The molecular weight excluding hydrogens is 337 g/mol. The van der Waals surface area contributed by atoms with Crippen LogP contribution in [-0.4, -0.2) is 41.5 Å². The fourth-order valence-corrected chi connectivity index (χ4v) is 2.15. The number of carbonyl (C=O) groups excluding carboxylic acids is 1. The molecular formula is C14H16ClF3N2O3. The van der Waals surface area contributed by atoms with E-state index in [0.29, 0.717) is 13.0 Å². The van der Waals surface area contributed by atoms with E-state index in [1.54, 1.807) is 6.92 Å². The van der Waals surface area contributed by atoms with Crippen LogP contribution in [0.15, 0.2) is 18.2 Å². The first-order valence-electron chi connectivity index (χ1n) is 6.74. The number of carboxylic acid groups (broad SMARTS) is 1. The summed E-state index contributed by atoms with van der Waals surface area (Å²) in [6, 6.07) is 3.01. The molecule has 1 rings (SSSR count). The number of nitrogens with one attached hydrogen (secondary N) is 1. The maximum atomic E-state index is 12.9. The van der Waals surface area contributed by atoms with Crippen LogP contribution in [0.5, 0.6) is 0 Å². The number of alkyl halides is 3. The first-order valence-corrected chi connectivity index (χ1v) is 7.12. The zero-order valence-corrected chi connectivity index (χ0v) is 13.0. The molecule has 1 aromatic carbocycles. The Balaban J connectivity index is 2.86. The van der Waals surface area contributed by atoms with E-state index < -0.39 is 29.3 Å². The Bertz CT molecular complexity index is 579. The minimum Gasteiger partial charge on any atom is -0.480 e. The highest BCUT2D eigenvalue weighted by molar-refractivity contribution is 6.30. The van der Waals surface area contributed by atoms with E-state index in [9.17, 15) is 22.8 Å². The van der Waals surface area contributed by atoms with Crippen LogP contribution in [0.2, 0.25) is 5.02 Å². The lowest BCUT2D eigenvalue weighted by atomic mass is 10.1. The van der Waals surface area contributed by atoms with Gasteiger partial charge in [0.25, 0.3) is 0 Å². The molecule has 0 spiro atoms. The molecule has 0 aliphatic carbocycles. The van der Waals surface area contributed by atoms with E-state index in [0.717, 1.165) is 12.1 Å². The summed E-state index contributed by atoms with van der Waals surface area (Å²) in [5.74, 6) is -1.85. The Morgan fingerprint density at radius 3 is 2.48 bits per heavy atom. The summed E-state index contributed by atoms with van der Waals surface area (Å²) in [4.78, 5) is 23.9. The minimum absolute atomic E-state index is 0.103. The molecule has 0 saturated heterocycles. The number of halogens is 4. The molecule has 0 unspecified atom stereocenters. The highest BCUT2D eigenvalue weighted by Crippen LogP contribution is 2.36. The largest absolute Gasteiger partial charge is 0.480 e. The van der Waals surface area contributed by atoms with Crippen LogP contribution in [0, 0.1) is 0 Å². The van der Waals surface area contributed by atoms with Crippen LogP contribution in [0.3, 0.4) is 0 Å². The van der Waals surface area contributed by atoms with Crippen molar-refractivity contribution in [2.24, 2.45) is 0 Å². The number of carbonyl (C=O) groups is 2. The second kappa shape index (κ2) is 8.16. The molecule has 0 aliphatic rings. The first-order chi connectivity index (χ1) is 10.6. The lowest BCUT2D eigenvalue weighted by Gasteiger charge is -2.20. The lowest BCUT2D eigenvalue weighted by molar-refractivity contribution is -0.138. The summed E-state index contributed by atoms with van der Waals surface area (Å²) in [6.07, 6.45) is -4.06. The molecule has 1 amide bonds. The third kappa shape index (κ3) is 6.45. The molecule has 9 heteroatoms. The Hall–Kier alpha value is -1.80. The predicted molar refractivity (Wildman–Crippen MR) is 79.5 cm³/mol. The van der Waals surface area contributed by atoms with Crippen molar-refractivity contribution >= 4 is 29.2 Å². The molecule has 5 nitrogen and oxygen atoms in total. The second-order valence-corrected chi connectivity index (χ2v) is 5.28. The minimum atomic E-state index is -4.67. The number of nitrogens with zero attached hydrogens (tertiary/aromatic N) is 1. The van der Waals surface area contributed by atoms with Crippen LogP contribution in [0.4, 0.5) is 18.9 Å². The van der Waals surface area contributed by atoms with Gasteiger partial charge in [0.15, 0.2) is 0 Å². The number of carboxylic acids is 1. The van der Waals surface area contributed by atoms with Crippen molar-refractivity contribution in [3.8, 4) is 0 Å². The highest BCUT2D eigenvalue weighted by atomic mass is 35.5. The SMILES string of the molecule is CCCN(CC(=O)O)CC(=O)Nc1ccc(Cl)cc1C(F)(F)F. The number of benzene rings is 1. The molecule has 0 heterocycles. The molecule has 128 valence electrons. The molecule has 23 heavy (non-hydrogen) atoms. The smallest absolute Gasteiger partial charge is 0.418 e. The number of hydrogen-bond donors (Lipinski definition) is 2. The van der Waals surface area contributed by atoms with Crippen LogP contribution in [0.1, 0.15) is 18.9 Å². The van der Waals surface area contributed by atoms with E-state index in [-0.39, 0.29) is 18.1 Å². The van der Waals surface area contributed by atoms with Gasteiger partial charge in [-0.1, -0.05) is 18.5 Å². The van der Waals surface area contributed by atoms with E-state index in [1.807, 2.05) is 0 Å². The monoisotopic (exact) mass is 352 g/mol. The fourth-order valence-electron chi connectivity index (χ4n) is 1.97. The first kappa shape index (κ1) is 19.2. The molecule has 2 N–H and O–H groups in total. The van der Waals surface area contributed by atoms with Crippen molar-refractivity contribution in [2.75, 3.05) is 25.0 Å². The van der Waals surface area contributed by atoms with Gasteiger partial charge in [-0.25, -0.2) is 0 Å². The molecule has 0 aromatic heterocycles. The van der Waals surface area contributed by atoms with E-state index in [4.69, 9.17) is 16.7 Å². The third-order valence-corrected chi connectivity index (χ3v) is 3.06. The van der Waals surface area contributed by atoms with Gasteiger partial charge in [-0.3, -0.25) is 14.5 Å². The van der Waals surface area contributed by atoms with Gasteiger partial charge in [0.2, 0.25) is 5.91 Å². The van der Waals surface area contributed by atoms with Crippen molar-refractivity contribution < 1.29 is 27.9 Å². The number of hydrogen-bond acceptors (Lipinski definition) is 3. The average molecular weight is 353 g/mol. The Morgan fingerprint density at radius 2 is 1.96 bits per heavy atom. The van der Waals surface area contributed by atoms with Crippen molar-refractivity contribution in [1.29, 1.82) is 0 Å². The fraction of sp³-hybridized carbons (Fsp3) is 0.429. The summed E-state index contributed by atoms with van der Waals surface area (Å²) in [7, 11) is 0. The van der Waals surface area contributed by atoms with Crippen LogP contribution < -0.4 is 5.32 Å². The van der Waals surface area contributed by atoms with Crippen molar-refractivity contribution in [1.82, 2.24) is 4.90 Å². The topological polar surface area (TPSA) is 69.6 Å². The summed E-state index contributed by atoms with van der Waals surface area (Å²) in [6.45, 7) is 1.45. The Kier molecular flexibility index (Phi) is 6.83.